The van der Waals surface area contributed by atoms with Gasteiger partial charge in [-0.3, -0.25) is 4.79 Å². The predicted molar refractivity (Wildman–Crippen MR) is 76.5 cm³/mol. The number of halogens is 1. The van der Waals surface area contributed by atoms with E-state index in [1.54, 1.807) is 18.2 Å². The van der Waals surface area contributed by atoms with Gasteiger partial charge < -0.3 is 10.0 Å². The molecule has 1 aromatic rings. The number of phenols is 1. The number of amides is 1. The van der Waals surface area contributed by atoms with Gasteiger partial charge in [-0.05, 0) is 30.5 Å². The fourth-order valence-corrected chi connectivity index (χ4v) is 2.93. The minimum atomic E-state index is 0.109. The summed E-state index contributed by atoms with van der Waals surface area (Å²) in [6, 6.07) is 7.05. The Balaban J connectivity index is 2.04. The highest BCUT2D eigenvalue weighted by atomic mass is 35.5. The second-order valence-corrected chi connectivity index (χ2v) is 5.40. The number of benzene rings is 1. The Morgan fingerprint density at radius 3 is 2.95 bits per heavy atom. The standard InChI is InChI=1S/C15H20ClNO2/c16-11-13-6-2-1-3-8-17(13)15(19)10-12-5-4-7-14(18)9-12/h4-5,7,9,13,18H,1-3,6,8,10-11H2. The lowest BCUT2D eigenvalue weighted by Gasteiger charge is -2.28. The molecule has 1 saturated heterocycles. The molecular formula is C15H20ClNO2. The first-order valence-corrected chi connectivity index (χ1v) is 7.37. The van der Waals surface area contributed by atoms with E-state index >= 15 is 0 Å². The van der Waals surface area contributed by atoms with Crippen LogP contribution in [0.2, 0.25) is 0 Å². The summed E-state index contributed by atoms with van der Waals surface area (Å²) < 4.78 is 0. The van der Waals surface area contributed by atoms with Crippen LogP contribution in [0.5, 0.6) is 5.75 Å². The topological polar surface area (TPSA) is 40.5 Å². The van der Waals surface area contributed by atoms with Crippen molar-refractivity contribution in [2.75, 3.05) is 12.4 Å². The zero-order chi connectivity index (χ0) is 13.7. The van der Waals surface area contributed by atoms with Crippen molar-refractivity contribution in [3.05, 3.63) is 29.8 Å². The van der Waals surface area contributed by atoms with Crippen LogP contribution < -0.4 is 0 Å². The molecule has 1 aliphatic rings. The van der Waals surface area contributed by atoms with Gasteiger partial charge >= 0.3 is 0 Å². The van der Waals surface area contributed by atoms with Gasteiger partial charge in [0.15, 0.2) is 0 Å². The van der Waals surface area contributed by atoms with Crippen LogP contribution in [0.1, 0.15) is 31.2 Å². The highest BCUT2D eigenvalue weighted by molar-refractivity contribution is 6.18. The molecule has 1 fully saturated rings. The van der Waals surface area contributed by atoms with Gasteiger partial charge in [0, 0.05) is 18.5 Å². The maximum Gasteiger partial charge on any atom is 0.227 e. The molecule has 1 aliphatic heterocycles. The number of carbonyl (C=O) groups excluding carboxylic acids is 1. The third kappa shape index (κ3) is 3.87. The van der Waals surface area contributed by atoms with Crippen LogP contribution in [0, 0.1) is 0 Å². The number of alkyl halides is 1. The van der Waals surface area contributed by atoms with E-state index in [-0.39, 0.29) is 17.7 Å². The lowest BCUT2D eigenvalue weighted by Crippen LogP contribution is -2.41. The number of hydrogen-bond donors (Lipinski definition) is 1. The molecule has 3 nitrogen and oxygen atoms in total. The zero-order valence-electron chi connectivity index (χ0n) is 11.0. The van der Waals surface area contributed by atoms with Gasteiger partial charge in [0.1, 0.15) is 5.75 Å². The van der Waals surface area contributed by atoms with E-state index < -0.39 is 0 Å². The van der Waals surface area contributed by atoms with Crippen molar-refractivity contribution in [1.82, 2.24) is 4.90 Å². The minimum Gasteiger partial charge on any atom is -0.508 e. The van der Waals surface area contributed by atoms with Crippen molar-refractivity contribution >= 4 is 17.5 Å². The Hall–Kier alpha value is -1.22. The third-order valence-corrected chi connectivity index (χ3v) is 4.00. The van der Waals surface area contributed by atoms with Crippen molar-refractivity contribution < 1.29 is 9.90 Å². The molecule has 0 spiro atoms. The van der Waals surface area contributed by atoms with Gasteiger partial charge in [-0.1, -0.05) is 25.0 Å². The van der Waals surface area contributed by atoms with Crippen LogP contribution in [0.25, 0.3) is 0 Å². The normalized spacial score (nSPS) is 20.1. The SMILES string of the molecule is O=C(Cc1cccc(O)c1)N1CCCCCC1CCl. The molecule has 0 saturated carbocycles. The van der Waals surface area contributed by atoms with Crippen LogP contribution in [0.15, 0.2) is 24.3 Å². The largest absolute Gasteiger partial charge is 0.508 e. The second kappa shape index (κ2) is 6.80. The van der Waals surface area contributed by atoms with Crippen molar-refractivity contribution in [1.29, 1.82) is 0 Å². The summed E-state index contributed by atoms with van der Waals surface area (Å²) in [5.74, 6) is 0.819. The Bertz CT molecular complexity index is 436. The van der Waals surface area contributed by atoms with Gasteiger partial charge in [0.05, 0.1) is 6.42 Å². The average molecular weight is 282 g/mol. The molecule has 1 aromatic carbocycles. The van der Waals surface area contributed by atoms with Gasteiger partial charge in [0.25, 0.3) is 0 Å². The van der Waals surface area contributed by atoms with Crippen LogP contribution >= 0.6 is 11.6 Å². The number of nitrogens with zero attached hydrogens (tertiary/aromatic N) is 1. The Labute approximate surface area is 119 Å². The summed E-state index contributed by atoms with van der Waals surface area (Å²) in [4.78, 5) is 14.3. The number of hydrogen-bond acceptors (Lipinski definition) is 2. The van der Waals surface area contributed by atoms with Crippen molar-refractivity contribution in [2.45, 2.75) is 38.1 Å². The highest BCUT2D eigenvalue weighted by Gasteiger charge is 2.24. The number of aromatic hydroxyl groups is 1. The predicted octanol–water partition coefficient (Wildman–Crippen LogP) is 2.94. The smallest absolute Gasteiger partial charge is 0.227 e. The summed E-state index contributed by atoms with van der Waals surface area (Å²) in [6.07, 6.45) is 4.70. The molecule has 1 amide bonds. The number of rotatable bonds is 3. The summed E-state index contributed by atoms with van der Waals surface area (Å²) in [5, 5.41) is 9.43. The summed E-state index contributed by atoms with van der Waals surface area (Å²) >= 11 is 5.99. The average Bonchev–Trinajstić information content (AvgIpc) is 2.63. The van der Waals surface area contributed by atoms with E-state index in [9.17, 15) is 9.90 Å². The third-order valence-electron chi connectivity index (χ3n) is 3.64. The van der Waals surface area contributed by atoms with E-state index in [0.29, 0.717) is 12.3 Å². The monoisotopic (exact) mass is 281 g/mol. The second-order valence-electron chi connectivity index (χ2n) is 5.09. The molecule has 0 radical (unpaired) electrons. The first-order chi connectivity index (χ1) is 9.20. The van der Waals surface area contributed by atoms with E-state index in [1.165, 1.54) is 6.42 Å². The molecule has 2 rings (SSSR count). The first kappa shape index (κ1) is 14.2. The maximum absolute atomic E-state index is 12.4. The lowest BCUT2D eigenvalue weighted by molar-refractivity contribution is -0.132. The molecule has 4 heteroatoms. The van der Waals surface area contributed by atoms with Crippen molar-refractivity contribution in [3.63, 3.8) is 0 Å². The van der Waals surface area contributed by atoms with Crippen LogP contribution in [0.4, 0.5) is 0 Å². The van der Waals surface area contributed by atoms with Crippen LogP contribution in [-0.4, -0.2) is 34.4 Å². The van der Waals surface area contributed by atoms with Crippen molar-refractivity contribution in [2.24, 2.45) is 0 Å². The lowest BCUT2D eigenvalue weighted by atomic mass is 10.1. The van der Waals surface area contributed by atoms with E-state index in [2.05, 4.69) is 0 Å². The molecule has 1 heterocycles. The molecule has 19 heavy (non-hydrogen) atoms. The molecule has 1 unspecified atom stereocenters. The quantitative estimate of drug-likeness (QED) is 0.866. The van der Waals surface area contributed by atoms with Gasteiger partial charge in [-0.15, -0.1) is 11.6 Å². The molecule has 1 N–H and O–H groups in total. The molecule has 0 aromatic heterocycles. The molecule has 1 atom stereocenters. The molecule has 0 bridgehead atoms. The van der Waals surface area contributed by atoms with E-state index in [1.807, 2.05) is 11.0 Å². The maximum atomic E-state index is 12.4. The fraction of sp³-hybridized carbons (Fsp3) is 0.533. The Morgan fingerprint density at radius 1 is 1.37 bits per heavy atom. The number of phenolic OH excluding ortho intramolecular Hbond substituents is 1. The van der Waals surface area contributed by atoms with E-state index in [4.69, 9.17) is 11.6 Å². The number of carbonyl (C=O) groups is 1. The van der Waals surface area contributed by atoms with Gasteiger partial charge in [-0.25, -0.2) is 0 Å². The summed E-state index contributed by atoms with van der Waals surface area (Å²) in [6.45, 7) is 0.801. The van der Waals surface area contributed by atoms with E-state index in [0.717, 1.165) is 31.4 Å². The van der Waals surface area contributed by atoms with Gasteiger partial charge in [-0.2, -0.15) is 0 Å². The minimum absolute atomic E-state index is 0.109. The van der Waals surface area contributed by atoms with Crippen molar-refractivity contribution in [3.8, 4) is 5.75 Å². The fourth-order valence-electron chi connectivity index (χ4n) is 2.61. The summed E-state index contributed by atoms with van der Waals surface area (Å²) in [7, 11) is 0. The van der Waals surface area contributed by atoms with Gasteiger partial charge in [0.2, 0.25) is 5.91 Å². The Morgan fingerprint density at radius 2 is 2.21 bits per heavy atom. The summed E-state index contributed by atoms with van der Waals surface area (Å²) in [5.41, 5.74) is 0.850. The highest BCUT2D eigenvalue weighted by Crippen LogP contribution is 2.20. The van der Waals surface area contributed by atoms with Crippen LogP contribution in [0.3, 0.4) is 0 Å². The zero-order valence-corrected chi connectivity index (χ0v) is 11.8. The van der Waals surface area contributed by atoms with Crippen LogP contribution in [-0.2, 0) is 11.2 Å². The molecule has 0 aliphatic carbocycles. The molecule has 104 valence electrons. The number of likely N-dealkylation sites (tertiary alicyclic amines) is 1. The first-order valence-electron chi connectivity index (χ1n) is 6.84. The molecular weight excluding hydrogens is 262 g/mol. The Kier molecular flexibility index (Phi) is 5.08.